The van der Waals surface area contributed by atoms with E-state index in [0.29, 0.717) is 11.0 Å². The number of rotatable bonds is 6. The van der Waals surface area contributed by atoms with Crippen LogP contribution in [0.15, 0.2) is 53.7 Å². The molecule has 2 aromatic carbocycles. The van der Waals surface area contributed by atoms with Crippen LogP contribution in [-0.4, -0.2) is 33.0 Å². The third kappa shape index (κ3) is 3.72. The lowest BCUT2D eigenvalue weighted by Crippen LogP contribution is -2.23. The second-order valence-electron chi connectivity index (χ2n) is 5.87. The fraction of sp³-hybridized carbons (Fsp3) is 0.211. The lowest BCUT2D eigenvalue weighted by molar-refractivity contribution is -0.117. The summed E-state index contributed by atoms with van der Waals surface area (Å²) < 4.78 is 7.15. The van der Waals surface area contributed by atoms with Crippen LogP contribution in [0, 0.1) is 6.92 Å². The molecule has 134 valence electrons. The zero-order chi connectivity index (χ0) is 18.7. The molecule has 26 heavy (non-hydrogen) atoms. The van der Waals surface area contributed by atoms with Crippen molar-refractivity contribution in [3.63, 3.8) is 0 Å². The molecule has 0 spiro atoms. The first-order chi connectivity index (χ1) is 12.5. The molecule has 0 radical (unpaired) electrons. The molecule has 0 aliphatic carbocycles. The summed E-state index contributed by atoms with van der Waals surface area (Å²) in [5, 5.41) is 8.85. The van der Waals surface area contributed by atoms with E-state index in [4.69, 9.17) is 10.5 Å². The van der Waals surface area contributed by atoms with Gasteiger partial charge in [-0.15, -0.1) is 10.2 Å². The Morgan fingerprint density at radius 2 is 1.77 bits per heavy atom. The summed E-state index contributed by atoms with van der Waals surface area (Å²) in [6.45, 7) is 3.79. The van der Waals surface area contributed by atoms with Gasteiger partial charge in [-0.25, -0.2) is 0 Å². The maximum absolute atomic E-state index is 11.5. The Labute approximate surface area is 156 Å². The van der Waals surface area contributed by atoms with Crippen molar-refractivity contribution >= 4 is 17.7 Å². The molecule has 3 rings (SSSR count). The highest BCUT2D eigenvalue weighted by atomic mass is 32.2. The molecule has 3 aromatic rings. The van der Waals surface area contributed by atoms with Crippen molar-refractivity contribution in [2.24, 2.45) is 5.73 Å². The van der Waals surface area contributed by atoms with Crippen LogP contribution < -0.4 is 10.5 Å². The normalized spacial score (nSPS) is 12.0. The number of carbonyl (C=O) groups is 1. The average Bonchev–Trinajstić information content (AvgIpc) is 3.06. The number of benzene rings is 2. The molecule has 0 aliphatic rings. The highest BCUT2D eigenvalue weighted by Gasteiger charge is 2.20. The van der Waals surface area contributed by atoms with Gasteiger partial charge in [-0.2, -0.15) is 0 Å². The van der Waals surface area contributed by atoms with Gasteiger partial charge in [-0.1, -0.05) is 29.5 Å². The van der Waals surface area contributed by atoms with Crippen LogP contribution in [0.1, 0.15) is 12.5 Å². The average molecular weight is 368 g/mol. The number of hydrogen-bond acceptors (Lipinski definition) is 5. The van der Waals surface area contributed by atoms with Crippen molar-refractivity contribution in [1.82, 2.24) is 14.8 Å². The fourth-order valence-corrected chi connectivity index (χ4v) is 3.23. The molecule has 7 heteroatoms. The number of methoxy groups -OCH3 is 1. The molecule has 1 aromatic heterocycles. The molecular weight excluding hydrogens is 348 g/mol. The first-order valence-electron chi connectivity index (χ1n) is 8.12. The Morgan fingerprint density at radius 1 is 1.12 bits per heavy atom. The number of amides is 1. The zero-order valence-corrected chi connectivity index (χ0v) is 15.7. The predicted octanol–water partition coefficient (Wildman–Crippen LogP) is 3.22. The van der Waals surface area contributed by atoms with Crippen molar-refractivity contribution in [3.8, 4) is 22.8 Å². The summed E-state index contributed by atoms with van der Waals surface area (Å²) in [6, 6.07) is 15.7. The minimum atomic E-state index is -0.410. The molecule has 0 saturated carbocycles. The number of nitrogens with zero attached hydrogens (tertiary/aromatic N) is 3. The Hall–Kier alpha value is -2.80. The van der Waals surface area contributed by atoms with Crippen LogP contribution in [0.4, 0.5) is 0 Å². The second-order valence-corrected chi connectivity index (χ2v) is 7.18. The molecule has 1 heterocycles. The van der Waals surface area contributed by atoms with E-state index in [2.05, 4.69) is 10.2 Å². The molecule has 0 aliphatic heterocycles. The molecule has 6 nitrogen and oxygen atoms in total. The Balaban J connectivity index is 2.10. The van der Waals surface area contributed by atoms with Gasteiger partial charge in [-0.3, -0.25) is 9.36 Å². The zero-order valence-electron chi connectivity index (χ0n) is 14.8. The van der Waals surface area contributed by atoms with Crippen molar-refractivity contribution in [2.45, 2.75) is 24.3 Å². The second kappa shape index (κ2) is 7.61. The van der Waals surface area contributed by atoms with Crippen LogP contribution in [0.2, 0.25) is 0 Å². The van der Waals surface area contributed by atoms with Gasteiger partial charge in [0.25, 0.3) is 0 Å². The van der Waals surface area contributed by atoms with Gasteiger partial charge in [0.2, 0.25) is 5.91 Å². The van der Waals surface area contributed by atoms with Gasteiger partial charge in [0.1, 0.15) is 5.75 Å². The minimum Gasteiger partial charge on any atom is -0.497 e. The van der Waals surface area contributed by atoms with E-state index in [1.807, 2.05) is 60.0 Å². The maximum Gasteiger partial charge on any atom is 0.230 e. The third-order valence-electron chi connectivity index (χ3n) is 3.96. The van der Waals surface area contributed by atoms with E-state index in [1.165, 1.54) is 11.8 Å². The van der Waals surface area contributed by atoms with E-state index < -0.39 is 5.25 Å². The molecule has 1 unspecified atom stereocenters. The van der Waals surface area contributed by atoms with Gasteiger partial charge in [-0.05, 0) is 50.2 Å². The SMILES string of the molecule is COc1ccc(-c2nnc(SC(C)C(N)=O)n2-c2ccc(C)cc2)cc1. The largest absolute Gasteiger partial charge is 0.497 e. The Morgan fingerprint density at radius 3 is 2.35 bits per heavy atom. The molecule has 1 amide bonds. The first kappa shape index (κ1) is 18.0. The molecule has 0 bridgehead atoms. The van der Waals surface area contributed by atoms with Crippen molar-refractivity contribution < 1.29 is 9.53 Å². The highest BCUT2D eigenvalue weighted by Crippen LogP contribution is 2.30. The number of aromatic nitrogens is 3. The topological polar surface area (TPSA) is 83.0 Å². The quantitative estimate of drug-likeness (QED) is 0.676. The molecule has 1 atom stereocenters. The van der Waals surface area contributed by atoms with Gasteiger partial charge < -0.3 is 10.5 Å². The number of aryl methyl sites for hydroxylation is 1. The van der Waals surface area contributed by atoms with Crippen LogP contribution in [0.3, 0.4) is 0 Å². The summed E-state index contributed by atoms with van der Waals surface area (Å²) in [4.78, 5) is 11.5. The smallest absolute Gasteiger partial charge is 0.230 e. The van der Waals surface area contributed by atoms with E-state index in [1.54, 1.807) is 14.0 Å². The van der Waals surface area contributed by atoms with Crippen molar-refractivity contribution in [1.29, 1.82) is 0 Å². The van der Waals surface area contributed by atoms with Crippen LogP contribution in [0.5, 0.6) is 5.75 Å². The maximum atomic E-state index is 11.5. The predicted molar refractivity (Wildman–Crippen MR) is 103 cm³/mol. The number of ether oxygens (including phenoxy) is 1. The summed E-state index contributed by atoms with van der Waals surface area (Å²) >= 11 is 1.29. The Kier molecular flexibility index (Phi) is 5.27. The molecule has 2 N–H and O–H groups in total. The van der Waals surface area contributed by atoms with Gasteiger partial charge in [0.05, 0.1) is 12.4 Å². The lowest BCUT2D eigenvalue weighted by atomic mass is 10.2. The van der Waals surface area contributed by atoms with Crippen LogP contribution in [0.25, 0.3) is 17.1 Å². The third-order valence-corrected chi connectivity index (χ3v) is 5.02. The molecular formula is C19H20N4O2S. The van der Waals surface area contributed by atoms with Gasteiger partial charge in [0, 0.05) is 11.3 Å². The van der Waals surface area contributed by atoms with Gasteiger partial charge in [0.15, 0.2) is 11.0 Å². The minimum absolute atomic E-state index is 0.389. The van der Waals surface area contributed by atoms with E-state index in [-0.39, 0.29) is 5.91 Å². The fourth-order valence-electron chi connectivity index (χ4n) is 2.42. The van der Waals surface area contributed by atoms with Gasteiger partial charge >= 0.3 is 0 Å². The summed E-state index contributed by atoms with van der Waals surface area (Å²) in [7, 11) is 1.63. The molecule has 0 fully saturated rings. The summed E-state index contributed by atoms with van der Waals surface area (Å²) in [5.41, 5.74) is 8.39. The van der Waals surface area contributed by atoms with Crippen LogP contribution in [-0.2, 0) is 4.79 Å². The summed E-state index contributed by atoms with van der Waals surface area (Å²) in [5.74, 6) is 1.07. The number of hydrogen-bond donors (Lipinski definition) is 1. The Bertz CT molecular complexity index is 904. The number of primary amides is 1. The van der Waals surface area contributed by atoms with E-state index in [0.717, 1.165) is 22.6 Å². The number of nitrogens with two attached hydrogens (primary N) is 1. The number of carbonyl (C=O) groups excluding carboxylic acids is 1. The molecule has 0 saturated heterocycles. The highest BCUT2D eigenvalue weighted by molar-refractivity contribution is 8.00. The first-order valence-corrected chi connectivity index (χ1v) is 9.00. The van der Waals surface area contributed by atoms with E-state index in [9.17, 15) is 4.79 Å². The van der Waals surface area contributed by atoms with Crippen molar-refractivity contribution in [2.75, 3.05) is 7.11 Å². The lowest BCUT2D eigenvalue weighted by Gasteiger charge is -2.12. The van der Waals surface area contributed by atoms with E-state index >= 15 is 0 Å². The standard InChI is InChI=1S/C19H20N4O2S/c1-12-4-8-15(9-5-12)23-18(14-6-10-16(25-3)11-7-14)21-22-19(23)26-13(2)17(20)24/h4-11,13H,1-3H3,(H2,20,24). The van der Waals surface area contributed by atoms with Crippen LogP contribution >= 0.6 is 11.8 Å². The summed E-state index contributed by atoms with van der Waals surface area (Å²) in [6.07, 6.45) is 0. The van der Waals surface area contributed by atoms with Crippen molar-refractivity contribution in [3.05, 3.63) is 54.1 Å². The number of thioether (sulfide) groups is 1. The monoisotopic (exact) mass is 368 g/mol.